The van der Waals surface area contributed by atoms with Crippen molar-refractivity contribution in [3.63, 3.8) is 0 Å². The van der Waals surface area contributed by atoms with Gasteiger partial charge >= 0.3 is 6.03 Å². The van der Waals surface area contributed by atoms with Gasteiger partial charge in [0.2, 0.25) is 5.91 Å². The number of hydrogen-bond acceptors (Lipinski definition) is 5. The maximum atomic E-state index is 14.5. The number of anilines is 2. The fraction of sp³-hybridized carbons (Fsp3) is 0.250. The number of urea groups is 1. The van der Waals surface area contributed by atoms with Gasteiger partial charge in [-0.1, -0.05) is 73.5 Å². The summed E-state index contributed by atoms with van der Waals surface area (Å²) in [6, 6.07) is 24.6. The van der Waals surface area contributed by atoms with Crippen molar-refractivity contribution in [2.45, 2.75) is 43.8 Å². The summed E-state index contributed by atoms with van der Waals surface area (Å²) >= 11 is 0. The van der Waals surface area contributed by atoms with E-state index in [-0.39, 0.29) is 29.5 Å². The number of carbonyl (C=O) groups excluding carboxylic acids is 2. The Morgan fingerprint density at radius 1 is 0.915 bits per heavy atom. The molecule has 11 heteroatoms. The Hall–Kier alpha value is -5.71. The lowest BCUT2D eigenvalue weighted by atomic mass is 9.96. The molecular weight excluding hydrogens is 594 g/mol. The number of hydrogen-bond donors (Lipinski definition) is 2. The third-order valence-corrected chi connectivity index (χ3v) is 9.17. The Morgan fingerprint density at radius 3 is 2.36 bits per heavy atom. The number of rotatable bonds is 8. The minimum absolute atomic E-state index is 0.0595. The highest BCUT2D eigenvalue weighted by Crippen LogP contribution is 2.37. The van der Waals surface area contributed by atoms with Crippen molar-refractivity contribution < 1.29 is 9.59 Å². The number of aromatic amines is 1. The van der Waals surface area contributed by atoms with E-state index in [1.54, 1.807) is 29.0 Å². The normalized spacial score (nSPS) is 17.3. The number of H-pyrrole nitrogens is 1. The number of nitrogens with one attached hydrogen (secondary N) is 2. The summed E-state index contributed by atoms with van der Waals surface area (Å²) in [6.45, 7) is -0.0595. The van der Waals surface area contributed by atoms with E-state index in [2.05, 4.69) is 21.2 Å². The highest BCUT2D eigenvalue weighted by atomic mass is 16.2. The average Bonchev–Trinajstić information content (AvgIpc) is 3.85. The zero-order chi connectivity index (χ0) is 32.5. The second-order valence-electron chi connectivity index (χ2n) is 12.1. The molecule has 1 aliphatic carbocycles. The van der Waals surface area contributed by atoms with Crippen molar-refractivity contribution in [2.24, 2.45) is 0 Å². The van der Waals surface area contributed by atoms with E-state index < -0.39 is 29.6 Å². The first-order valence-corrected chi connectivity index (χ1v) is 15.8. The summed E-state index contributed by atoms with van der Waals surface area (Å²) < 4.78 is 3.72. The lowest BCUT2D eigenvalue weighted by Crippen LogP contribution is -2.40. The minimum atomic E-state index is -0.922. The van der Waals surface area contributed by atoms with Crippen LogP contribution >= 0.6 is 0 Å². The van der Waals surface area contributed by atoms with Gasteiger partial charge in [-0.2, -0.15) is 5.10 Å². The van der Waals surface area contributed by atoms with E-state index in [1.165, 1.54) is 29.1 Å². The van der Waals surface area contributed by atoms with Crippen LogP contribution in [0.5, 0.6) is 0 Å². The topological polar surface area (TPSA) is 125 Å². The van der Waals surface area contributed by atoms with E-state index >= 15 is 0 Å². The first-order valence-electron chi connectivity index (χ1n) is 15.8. The second kappa shape index (κ2) is 12.6. The van der Waals surface area contributed by atoms with Gasteiger partial charge in [-0.15, -0.1) is 0 Å². The Morgan fingerprint density at radius 2 is 1.64 bits per heavy atom. The van der Waals surface area contributed by atoms with Crippen LogP contribution in [0.2, 0.25) is 0 Å². The molecule has 3 amide bonds. The van der Waals surface area contributed by atoms with Crippen LogP contribution in [-0.4, -0.2) is 55.8 Å². The van der Waals surface area contributed by atoms with Crippen molar-refractivity contribution in [1.82, 2.24) is 24.2 Å². The van der Waals surface area contributed by atoms with Crippen molar-refractivity contribution in [2.75, 3.05) is 23.8 Å². The zero-order valence-electron chi connectivity index (χ0n) is 26.0. The van der Waals surface area contributed by atoms with Gasteiger partial charge in [0, 0.05) is 36.8 Å². The molecule has 3 aromatic heterocycles. The van der Waals surface area contributed by atoms with Crippen LogP contribution in [0.3, 0.4) is 0 Å². The molecule has 0 bridgehead atoms. The fourth-order valence-electron chi connectivity index (χ4n) is 6.71. The second-order valence-corrected chi connectivity index (χ2v) is 12.1. The number of benzene rings is 2. The van der Waals surface area contributed by atoms with Crippen LogP contribution in [0.25, 0.3) is 11.3 Å². The first-order chi connectivity index (χ1) is 22.9. The van der Waals surface area contributed by atoms with Gasteiger partial charge in [-0.05, 0) is 42.7 Å². The van der Waals surface area contributed by atoms with Gasteiger partial charge in [0.25, 0.3) is 11.1 Å². The van der Waals surface area contributed by atoms with Gasteiger partial charge in [-0.25, -0.2) is 4.79 Å². The standard InChI is InChI=1S/C36H35N7O4/c1-40-30(34(45)38-28-18-10-20-37-33(28)44)23-42(36(40)47)29-19-11-21-41(35(29)46)32(25-14-6-3-7-15-25)27-22-43(26-16-8-9-17-26)39-31(27)24-12-4-2-5-13-24/h2-7,10-15,18-22,26,30,32H,8-9,16-17,23H2,1H3,(H,37,44)(H,38,45)/t30-,32-/m1/s1. The van der Waals surface area contributed by atoms with Crippen LogP contribution in [0.1, 0.15) is 48.9 Å². The molecule has 238 valence electrons. The van der Waals surface area contributed by atoms with Gasteiger partial charge in [0.15, 0.2) is 0 Å². The number of amides is 3. The van der Waals surface area contributed by atoms with E-state index in [1.807, 2.05) is 60.7 Å². The Balaban J connectivity index is 1.30. The van der Waals surface area contributed by atoms with Crippen molar-refractivity contribution in [3.8, 4) is 11.3 Å². The molecule has 2 aromatic carbocycles. The number of likely N-dealkylation sites (N-methyl/N-ethyl adjacent to an activating group) is 1. The predicted molar refractivity (Wildman–Crippen MR) is 180 cm³/mol. The van der Waals surface area contributed by atoms with Crippen molar-refractivity contribution in [1.29, 1.82) is 0 Å². The molecule has 1 aliphatic heterocycles. The lowest BCUT2D eigenvalue weighted by molar-refractivity contribution is -0.119. The van der Waals surface area contributed by atoms with Gasteiger partial charge < -0.3 is 19.8 Å². The molecule has 11 nitrogen and oxygen atoms in total. The molecule has 0 unspecified atom stereocenters. The van der Waals surface area contributed by atoms with Crippen LogP contribution in [-0.2, 0) is 4.79 Å². The molecule has 0 radical (unpaired) electrons. The highest BCUT2D eigenvalue weighted by molar-refractivity contribution is 6.04. The predicted octanol–water partition coefficient (Wildman–Crippen LogP) is 5.03. The summed E-state index contributed by atoms with van der Waals surface area (Å²) in [5.41, 5.74) is 2.93. The van der Waals surface area contributed by atoms with Gasteiger partial charge in [0.05, 0.1) is 24.3 Å². The maximum absolute atomic E-state index is 14.5. The molecule has 2 atom stereocenters. The third kappa shape index (κ3) is 5.65. The monoisotopic (exact) mass is 629 g/mol. The zero-order valence-corrected chi connectivity index (χ0v) is 26.0. The third-order valence-electron chi connectivity index (χ3n) is 9.17. The fourth-order valence-corrected chi connectivity index (χ4v) is 6.71. The highest BCUT2D eigenvalue weighted by Gasteiger charge is 2.41. The molecule has 2 fully saturated rings. The summed E-state index contributed by atoms with van der Waals surface area (Å²) in [7, 11) is 1.51. The Labute approximate surface area is 271 Å². The average molecular weight is 630 g/mol. The SMILES string of the molecule is CN1C(=O)N(c2cccn([C@H](c3ccccc3)c3cn(C4CCCC4)nc3-c3ccccc3)c2=O)C[C@@H]1C(=O)Nc1ccc[nH]c1=O. The van der Waals surface area contributed by atoms with Crippen molar-refractivity contribution >= 4 is 23.3 Å². The number of aromatic nitrogens is 4. The molecule has 0 spiro atoms. The lowest BCUT2D eigenvalue weighted by Gasteiger charge is -2.23. The van der Waals surface area contributed by atoms with E-state index in [9.17, 15) is 19.2 Å². The minimum Gasteiger partial charge on any atom is -0.327 e. The smallest absolute Gasteiger partial charge is 0.325 e. The van der Waals surface area contributed by atoms with Crippen LogP contribution in [0.15, 0.2) is 113 Å². The number of carbonyl (C=O) groups is 2. The van der Waals surface area contributed by atoms with Gasteiger partial charge in [0.1, 0.15) is 17.4 Å². The molecule has 2 N–H and O–H groups in total. The van der Waals surface area contributed by atoms with Crippen LogP contribution < -0.4 is 21.3 Å². The van der Waals surface area contributed by atoms with Crippen molar-refractivity contribution in [3.05, 3.63) is 135 Å². The summed E-state index contributed by atoms with van der Waals surface area (Å²) in [5, 5.41) is 7.73. The summed E-state index contributed by atoms with van der Waals surface area (Å²) in [5.74, 6) is -0.523. The number of pyridine rings is 2. The molecular formula is C36H35N7O4. The Kier molecular flexibility index (Phi) is 8.03. The van der Waals surface area contributed by atoms with E-state index in [0.717, 1.165) is 48.1 Å². The van der Waals surface area contributed by atoms with Crippen LogP contribution in [0, 0.1) is 0 Å². The summed E-state index contributed by atoms with van der Waals surface area (Å²) in [4.78, 5) is 58.6. The molecule has 47 heavy (non-hydrogen) atoms. The van der Waals surface area contributed by atoms with E-state index in [0.29, 0.717) is 0 Å². The molecule has 2 aliphatic rings. The molecule has 5 aromatic rings. The molecule has 1 saturated carbocycles. The van der Waals surface area contributed by atoms with Gasteiger partial charge in [-0.3, -0.25) is 24.0 Å². The number of nitrogens with zero attached hydrogens (tertiary/aromatic N) is 5. The quantitative estimate of drug-likeness (QED) is 0.249. The maximum Gasteiger partial charge on any atom is 0.325 e. The largest absolute Gasteiger partial charge is 0.327 e. The molecule has 4 heterocycles. The van der Waals surface area contributed by atoms with E-state index in [4.69, 9.17) is 5.10 Å². The Bertz CT molecular complexity index is 2030. The molecule has 7 rings (SSSR count). The molecule has 1 saturated heterocycles. The van der Waals surface area contributed by atoms with Crippen LogP contribution in [0.4, 0.5) is 16.2 Å². The first kappa shape index (κ1) is 30.0. The summed E-state index contributed by atoms with van der Waals surface area (Å²) in [6.07, 6.45) is 9.71.